The molecular formula is C12H13NO2S. The first-order valence-corrected chi connectivity index (χ1v) is 5.97. The number of nitrogens with zero attached hydrogens (tertiary/aromatic N) is 1. The van der Waals surface area contributed by atoms with Crippen molar-refractivity contribution in [1.29, 1.82) is 0 Å². The maximum Gasteiger partial charge on any atom is 0.352 e. The first kappa shape index (κ1) is 11.0. The summed E-state index contributed by atoms with van der Waals surface area (Å²) in [5.41, 5.74) is 1.32. The Bertz CT molecular complexity index is 497. The summed E-state index contributed by atoms with van der Waals surface area (Å²) in [5, 5.41) is 11.1. The first-order chi connectivity index (χ1) is 7.61. The largest absolute Gasteiger partial charge is 0.477 e. The molecular weight excluding hydrogens is 222 g/mol. The Morgan fingerprint density at radius 2 is 2.12 bits per heavy atom. The molecule has 0 amide bonds. The van der Waals surface area contributed by atoms with Crippen molar-refractivity contribution in [2.24, 2.45) is 0 Å². The van der Waals surface area contributed by atoms with E-state index < -0.39 is 5.97 Å². The summed E-state index contributed by atoms with van der Waals surface area (Å²) >= 11 is 1.62. The number of carboxylic acid groups (broad SMARTS) is 1. The predicted molar refractivity (Wildman–Crippen MR) is 65.1 cm³/mol. The van der Waals surface area contributed by atoms with Crippen LogP contribution >= 0.6 is 11.3 Å². The normalized spacial score (nSPS) is 10.9. The van der Waals surface area contributed by atoms with E-state index in [9.17, 15) is 4.79 Å². The van der Waals surface area contributed by atoms with Crippen molar-refractivity contribution < 1.29 is 9.90 Å². The highest BCUT2D eigenvalue weighted by Crippen LogP contribution is 2.29. The topological polar surface area (TPSA) is 42.2 Å². The van der Waals surface area contributed by atoms with Gasteiger partial charge in [0.05, 0.1) is 10.6 Å². The Hall–Kier alpha value is -1.55. The van der Waals surface area contributed by atoms with Crippen LogP contribution in [0.5, 0.6) is 0 Å². The smallest absolute Gasteiger partial charge is 0.352 e. The number of rotatable bonds is 3. The molecule has 0 bridgehead atoms. The third-order valence-electron chi connectivity index (χ3n) is 2.43. The van der Waals surface area contributed by atoms with E-state index in [1.165, 1.54) is 0 Å². The van der Waals surface area contributed by atoms with Crippen LogP contribution in [0.1, 0.15) is 30.4 Å². The fourth-order valence-electron chi connectivity index (χ4n) is 1.80. The lowest BCUT2D eigenvalue weighted by Crippen LogP contribution is -2.11. The molecule has 2 aromatic rings. The zero-order chi connectivity index (χ0) is 11.7. The van der Waals surface area contributed by atoms with E-state index >= 15 is 0 Å². The molecule has 0 atom stereocenters. The highest BCUT2D eigenvalue weighted by molar-refractivity contribution is 7.13. The van der Waals surface area contributed by atoms with Crippen molar-refractivity contribution in [3.8, 4) is 10.6 Å². The molecule has 84 valence electrons. The van der Waals surface area contributed by atoms with Crippen LogP contribution in [0.4, 0.5) is 0 Å². The Morgan fingerprint density at radius 1 is 1.38 bits per heavy atom. The molecule has 0 spiro atoms. The van der Waals surface area contributed by atoms with Crippen LogP contribution in [-0.4, -0.2) is 15.6 Å². The summed E-state index contributed by atoms with van der Waals surface area (Å²) in [5.74, 6) is -0.878. The minimum Gasteiger partial charge on any atom is -0.477 e. The second-order valence-electron chi connectivity index (χ2n) is 3.85. The van der Waals surface area contributed by atoms with Crippen molar-refractivity contribution in [3.05, 3.63) is 35.3 Å². The Kier molecular flexibility index (Phi) is 2.83. The minimum atomic E-state index is -0.878. The summed E-state index contributed by atoms with van der Waals surface area (Å²) in [4.78, 5) is 12.2. The second-order valence-corrected chi connectivity index (χ2v) is 4.80. The Balaban J connectivity index is 2.59. The molecule has 0 aromatic carbocycles. The number of hydrogen-bond acceptors (Lipinski definition) is 2. The van der Waals surface area contributed by atoms with Gasteiger partial charge in [0.15, 0.2) is 0 Å². The lowest BCUT2D eigenvalue weighted by atomic mass is 10.3. The van der Waals surface area contributed by atoms with Gasteiger partial charge in [0.25, 0.3) is 0 Å². The molecule has 2 rings (SSSR count). The zero-order valence-electron chi connectivity index (χ0n) is 9.18. The van der Waals surface area contributed by atoms with Crippen molar-refractivity contribution in [1.82, 2.24) is 4.57 Å². The van der Waals surface area contributed by atoms with Gasteiger partial charge in [-0.25, -0.2) is 4.79 Å². The fourth-order valence-corrected chi connectivity index (χ4v) is 2.55. The highest BCUT2D eigenvalue weighted by atomic mass is 32.1. The fraction of sp³-hybridized carbons (Fsp3) is 0.250. The molecule has 0 aliphatic carbocycles. The number of carboxylic acids is 1. The van der Waals surface area contributed by atoms with Gasteiger partial charge >= 0.3 is 5.97 Å². The number of thiophene rings is 1. The van der Waals surface area contributed by atoms with Crippen LogP contribution in [0.15, 0.2) is 29.6 Å². The number of aromatic nitrogens is 1. The van der Waals surface area contributed by atoms with E-state index in [0.29, 0.717) is 5.69 Å². The molecule has 0 saturated heterocycles. The van der Waals surface area contributed by atoms with Gasteiger partial charge in [0, 0.05) is 6.04 Å². The van der Waals surface area contributed by atoms with E-state index in [1.807, 2.05) is 42.0 Å². The molecule has 0 radical (unpaired) electrons. The third kappa shape index (κ3) is 1.76. The molecule has 1 N–H and O–H groups in total. The van der Waals surface area contributed by atoms with Crippen molar-refractivity contribution in [2.45, 2.75) is 19.9 Å². The molecule has 0 saturated carbocycles. The van der Waals surface area contributed by atoms with E-state index in [0.717, 1.165) is 10.6 Å². The van der Waals surface area contributed by atoms with E-state index in [4.69, 9.17) is 5.11 Å². The Labute approximate surface area is 98.0 Å². The van der Waals surface area contributed by atoms with Crippen LogP contribution in [0.2, 0.25) is 0 Å². The maximum absolute atomic E-state index is 11.1. The van der Waals surface area contributed by atoms with Gasteiger partial charge in [0.1, 0.15) is 5.69 Å². The molecule has 0 fully saturated rings. The standard InChI is InChI=1S/C12H13NO2S/c1-8(2)13-9(11-4-3-7-16-11)5-6-10(13)12(14)15/h3-8H,1-2H3,(H,14,15). The van der Waals surface area contributed by atoms with Crippen LogP contribution in [0.25, 0.3) is 10.6 Å². The molecule has 4 heteroatoms. The molecule has 2 heterocycles. The zero-order valence-corrected chi connectivity index (χ0v) is 9.99. The van der Waals surface area contributed by atoms with Gasteiger partial charge in [-0.15, -0.1) is 11.3 Å². The average molecular weight is 235 g/mol. The SMILES string of the molecule is CC(C)n1c(C(=O)O)ccc1-c1cccs1. The number of carbonyl (C=O) groups is 1. The van der Waals surface area contributed by atoms with Gasteiger partial charge in [-0.2, -0.15) is 0 Å². The summed E-state index contributed by atoms with van der Waals surface area (Å²) < 4.78 is 1.86. The first-order valence-electron chi connectivity index (χ1n) is 5.09. The van der Waals surface area contributed by atoms with Gasteiger partial charge < -0.3 is 9.67 Å². The molecule has 3 nitrogen and oxygen atoms in total. The average Bonchev–Trinajstić information content (AvgIpc) is 2.85. The van der Waals surface area contributed by atoms with Crippen LogP contribution < -0.4 is 0 Å². The molecule has 2 aromatic heterocycles. The van der Waals surface area contributed by atoms with E-state index in [1.54, 1.807) is 17.4 Å². The molecule has 0 aliphatic heterocycles. The quantitative estimate of drug-likeness (QED) is 0.884. The van der Waals surface area contributed by atoms with Gasteiger partial charge in [-0.3, -0.25) is 0 Å². The van der Waals surface area contributed by atoms with Crippen LogP contribution in [0, 0.1) is 0 Å². The van der Waals surface area contributed by atoms with Crippen LogP contribution in [-0.2, 0) is 0 Å². The van der Waals surface area contributed by atoms with Crippen molar-refractivity contribution >= 4 is 17.3 Å². The van der Waals surface area contributed by atoms with Gasteiger partial charge in [0.2, 0.25) is 0 Å². The van der Waals surface area contributed by atoms with Gasteiger partial charge in [-0.05, 0) is 37.4 Å². The van der Waals surface area contributed by atoms with Gasteiger partial charge in [-0.1, -0.05) is 6.07 Å². The number of aromatic carboxylic acids is 1. The van der Waals surface area contributed by atoms with E-state index in [-0.39, 0.29) is 6.04 Å². The number of hydrogen-bond donors (Lipinski definition) is 1. The molecule has 16 heavy (non-hydrogen) atoms. The maximum atomic E-state index is 11.1. The summed E-state index contributed by atoms with van der Waals surface area (Å²) in [6, 6.07) is 7.65. The summed E-state index contributed by atoms with van der Waals surface area (Å²) in [6.45, 7) is 3.98. The van der Waals surface area contributed by atoms with Crippen molar-refractivity contribution in [3.63, 3.8) is 0 Å². The minimum absolute atomic E-state index is 0.137. The molecule has 0 unspecified atom stereocenters. The highest BCUT2D eigenvalue weighted by Gasteiger charge is 2.17. The Morgan fingerprint density at radius 3 is 2.62 bits per heavy atom. The monoisotopic (exact) mass is 235 g/mol. The summed E-state index contributed by atoms with van der Waals surface area (Å²) in [7, 11) is 0. The lowest BCUT2D eigenvalue weighted by Gasteiger charge is -2.14. The third-order valence-corrected chi connectivity index (χ3v) is 3.32. The molecule has 0 aliphatic rings. The second kappa shape index (κ2) is 4.14. The lowest BCUT2D eigenvalue weighted by molar-refractivity contribution is 0.0683. The van der Waals surface area contributed by atoms with Crippen molar-refractivity contribution in [2.75, 3.05) is 0 Å². The van der Waals surface area contributed by atoms with E-state index in [2.05, 4.69) is 0 Å². The summed E-state index contributed by atoms with van der Waals surface area (Å²) in [6.07, 6.45) is 0. The predicted octanol–water partition coefficient (Wildman–Crippen LogP) is 3.50. The van der Waals surface area contributed by atoms with Crippen LogP contribution in [0.3, 0.4) is 0 Å².